The molecule has 0 radical (unpaired) electrons. The Labute approximate surface area is 121 Å². The highest BCUT2D eigenvalue weighted by atomic mass is 32.2. The Morgan fingerprint density at radius 3 is 2.50 bits per heavy atom. The van der Waals surface area contributed by atoms with Crippen molar-refractivity contribution in [1.82, 2.24) is 4.31 Å². The van der Waals surface area contributed by atoms with Crippen molar-refractivity contribution in [3.05, 3.63) is 29.8 Å². The van der Waals surface area contributed by atoms with Gasteiger partial charge in [-0.1, -0.05) is 12.1 Å². The van der Waals surface area contributed by atoms with Crippen LogP contribution in [0, 0.1) is 0 Å². The number of hydrogen-bond acceptors (Lipinski definition) is 4. The standard InChI is InChI=1S/C14H24N2O3S/c1-11(2)19-8-9-20(17,18)16(4)12(3)13-6-5-7-14(15)10-13/h5-7,10-12H,8-9,15H2,1-4H3. The molecule has 1 atom stereocenters. The summed E-state index contributed by atoms with van der Waals surface area (Å²) >= 11 is 0. The van der Waals surface area contributed by atoms with E-state index in [0.29, 0.717) is 5.69 Å². The molecule has 0 saturated heterocycles. The lowest BCUT2D eigenvalue weighted by Crippen LogP contribution is -2.33. The Kier molecular flexibility index (Phi) is 5.98. The number of nitrogen functional groups attached to an aromatic ring is 1. The third kappa shape index (κ3) is 4.77. The molecular weight excluding hydrogens is 276 g/mol. The van der Waals surface area contributed by atoms with E-state index in [1.807, 2.05) is 32.9 Å². The number of nitrogens with zero attached hydrogens (tertiary/aromatic N) is 1. The fourth-order valence-electron chi connectivity index (χ4n) is 1.80. The molecule has 20 heavy (non-hydrogen) atoms. The van der Waals surface area contributed by atoms with Crippen LogP contribution in [0.1, 0.15) is 32.4 Å². The van der Waals surface area contributed by atoms with Crippen molar-refractivity contribution < 1.29 is 13.2 Å². The summed E-state index contributed by atoms with van der Waals surface area (Å²) in [7, 11) is -1.77. The van der Waals surface area contributed by atoms with Crippen molar-refractivity contribution >= 4 is 15.7 Å². The van der Waals surface area contributed by atoms with Crippen LogP contribution in [0.3, 0.4) is 0 Å². The van der Waals surface area contributed by atoms with Gasteiger partial charge < -0.3 is 10.5 Å². The summed E-state index contributed by atoms with van der Waals surface area (Å²) in [6, 6.07) is 7.01. The Morgan fingerprint density at radius 2 is 1.95 bits per heavy atom. The quantitative estimate of drug-likeness (QED) is 0.782. The first-order chi connectivity index (χ1) is 9.24. The molecule has 0 aliphatic heterocycles. The van der Waals surface area contributed by atoms with Crippen LogP contribution in [0.2, 0.25) is 0 Å². The lowest BCUT2D eigenvalue weighted by molar-refractivity contribution is 0.0906. The molecule has 6 heteroatoms. The number of anilines is 1. The van der Waals surface area contributed by atoms with E-state index in [4.69, 9.17) is 10.5 Å². The van der Waals surface area contributed by atoms with E-state index in [1.54, 1.807) is 19.2 Å². The van der Waals surface area contributed by atoms with E-state index in [-0.39, 0.29) is 24.5 Å². The number of ether oxygens (including phenoxy) is 1. The Morgan fingerprint density at radius 1 is 1.30 bits per heavy atom. The van der Waals surface area contributed by atoms with Crippen molar-refractivity contribution in [3.63, 3.8) is 0 Å². The summed E-state index contributed by atoms with van der Waals surface area (Å²) < 4.78 is 31.1. The summed E-state index contributed by atoms with van der Waals surface area (Å²) in [5, 5.41) is 0. The molecule has 0 aliphatic rings. The van der Waals surface area contributed by atoms with Gasteiger partial charge in [-0.2, -0.15) is 4.31 Å². The molecule has 0 spiro atoms. The summed E-state index contributed by atoms with van der Waals surface area (Å²) in [5.41, 5.74) is 7.23. The average Bonchev–Trinajstić information content (AvgIpc) is 2.36. The summed E-state index contributed by atoms with van der Waals surface area (Å²) in [6.07, 6.45) is 0.0295. The molecule has 114 valence electrons. The molecule has 0 heterocycles. The van der Waals surface area contributed by atoms with Crippen LogP contribution in [-0.2, 0) is 14.8 Å². The lowest BCUT2D eigenvalue weighted by Gasteiger charge is -2.25. The second-order valence-corrected chi connectivity index (χ2v) is 7.25. The normalized spacial score (nSPS) is 13.9. The number of rotatable bonds is 7. The molecule has 1 rings (SSSR count). The van der Waals surface area contributed by atoms with Crippen LogP contribution in [-0.4, -0.2) is 38.2 Å². The third-order valence-electron chi connectivity index (χ3n) is 3.17. The first kappa shape index (κ1) is 16.9. The lowest BCUT2D eigenvalue weighted by atomic mass is 10.1. The van der Waals surface area contributed by atoms with Crippen molar-refractivity contribution in [2.24, 2.45) is 0 Å². The molecule has 5 nitrogen and oxygen atoms in total. The van der Waals surface area contributed by atoms with E-state index >= 15 is 0 Å². The largest absolute Gasteiger partial charge is 0.399 e. The Balaban J connectivity index is 2.74. The number of hydrogen-bond donors (Lipinski definition) is 1. The minimum atomic E-state index is -3.35. The zero-order chi connectivity index (χ0) is 15.3. The Hall–Kier alpha value is -1.11. The maximum absolute atomic E-state index is 12.2. The highest BCUT2D eigenvalue weighted by Gasteiger charge is 2.24. The van der Waals surface area contributed by atoms with Gasteiger partial charge in [-0.25, -0.2) is 8.42 Å². The fourth-order valence-corrected chi connectivity index (χ4v) is 3.00. The van der Waals surface area contributed by atoms with Crippen LogP contribution >= 0.6 is 0 Å². The van der Waals surface area contributed by atoms with Crippen LogP contribution in [0.15, 0.2) is 24.3 Å². The van der Waals surface area contributed by atoms with Gasteiger partial charge in [0, 0.05) is 18.8 Å². The van der Waals surface area contributed by atoms with Crippen LogP contribution in [0.4, 0.5) is 5.69 Å². The van der Waals surface area contributed by atoms with Crippen molar-refractivity contribution in [1.29, 1.82) is 0 Å². The average molecular weight is 300 g/mol. The zero-order valence-electron chi connectivity index (χ0n) is 12.5. The molecule has 2 N–H and O–H groups in total. The maximum atomic E-state index is 12.2. The molecule has 0 saturated carbocycles. The zero-order valence-corrected chi connectivity index (χ0v) is 13.4. The SMILES string of the molecule is CC(C)OCCS(=O)(=O)N(C)C(C)c1cccc(N)c1. The van der Waals surface area contributed by atoms with Crippen molar-refractivity contribution in [2.75, 3.05) is 25.1 Å². The molecule has 0 aliphatic carbocycles. The maximum Gasteiger partial charge on any atom is 0.216 e. The van der Waals surface area contributed by atoms with E-state index in [9.17, 15) is 8.42 Å². The van der Waals surface area contributed by atoms with Crippen LogP contribution < -0.4 is 5.73 Å². The molecule has 0 amide bonds. The smallest absolute Gasteiger partial charge is 0.216 e. The third-order valence-corrected chi connectivity index (χ3v) is 5.05. The van der Waals surface area contributed by atoms with Gasteiger partial charge >= 0.3 is 0 Å². The summed E-state index contributed by atoms with van der Waals surface area (Å²) in [6.45, 7) is 5.81. The van der Waals surface area contributed by atoms with E-state index in [1.165, 1.54) is 4.31 Å². The van der Waals surface area contributed by atoms with E-state index < -0.39 is 10.0 Å². The van der Waals surface area contributed by atoms with Gasteiger partial charge in [0.15, 0.2) is 0 Å². The highest BCUT2D eigenvalue weighted by Crippen LogP contribution is 2.23. The van der Waals surface area contributed by atoms with Crippen molar-refractivity contribution in [3.8, 4) is 0 Å². The molecule has 0 bridgehead atoms. The van der Waals surface area contributed by atoms with E-state index in [0.717, 1.165) is 5.56 Å². The minimum Gasteiger partial charge on any atom is -0.399 e. The summed E-state index contributed by atoms with van der Waals surface area (Å²) in [5.74, 6) is -0.0195. The van der Waals surface area contributed by atoms with Gasteiger partial charge in [0.1, 0.15) is 0 Å². The highest BCUT2D eigenvalue weighted by molar-refractivity contribution is 7.89. The molecule has 1 aromatic carbocycles. The second-order valence-electron chi connectivity index (χ2n) is 5.10. The topological polar surface area (TPSA) is 72.6 Å². The van der Waals surface area contributed by atoms with Crippen LogP contribution in [0.25, 0.3) is 0 Å². The van der Waals surface area contributed by atoms with Gasteiger partial charge in [-0.05, 0) is 38.5 Å². The van der Waals surface area contributed by atoms with Gasteiger partial charge in [-0.3, -0.25) is 0 Å². The molecule has 0 aromatic heterocycles. The second kappa shape index (κ2) is 7.06. The van der Waals surface area contributed by atoms with E-state index in [2.05, 4.69) is 0 Å². The number of nitrogens with two attached hydrogens (primary N) is 1. The van der Waals surface area contributed by atoms with Gasteiger partial charge in [-0.15, -0.1) is 0 Å². The van der Waals surface area contributed by atoms with Crippen LogP contribution in [0.5, 0.6) is 0 Å². The monoisotopic (exact) mass is 300 g/mol. The predicted molar refractivity (Wildman–Crippen MR) is 81.9 cm³/mol. The van der Waals surface area contributed by atoms with Gasteiger partial charge in [0.2, 0.25) is 10.0 Å². The van der Waals surface area contributed by atoms with Gasteiger partial charge in [0.25, 0.3) is 0 Å². The molecule has 1 unspecified atom stereocenters. The Bertz CT molecular complexity index is 529. The molecular formula is C14H24N2O3S. The first-order valence-electron chi connectivity index (χ1n) is 6.67. The summed E-state index contributed by atoms with van der Waals surface area (Å²) in [4.78, 5) is 0. The first-order valence-corrected chi connectivity index (χ1v) is 8.27. The minimum absolute atomic E-state index is 0.0195. The number of benzene rings is 1. The molecule has 0 fully saturated rings. The molecule has 1 aromatic rings. The fraction of sp³-hybridized carbons (Fsp3) is 0.571. The van der Waals surface area contributed by atoms with Gasteiger partial charge in [0.05, 0.1) is 18.5 Å². The van der Waals surface area contributed by atoms with Crippen molar-refractivity contribution in [2.45, 2.75) is 32.9 Å². The number of sulfonamides is 1. The predicted octanol–water partition coefficient (Wildman–Crippen LogP) is 2.02.